The molecule has 2 saturated heterocycles. The van der Waals surface area contributed by atoms with Crippen molar-refractivity contribution >= 4 is 15.7 Å². The van der Waals surface area contributed by atoms with E-state index in [1.807, 2.05) is 6.07 Å². The first-order chi connectivity index (χ1) is 15.9. The topological polar surface area (TPSA) is 112 Å². The first-order valence-corrected chi connectivity index (χ1v) is 13.1. The maximum Gasteiger partial charge on any atom is 0.234 e. The molecule has 1 aromatic rings. The van der Waals surface area contributed by atoms with Gasteiger partial charge in [0.15, 0.2) is 9.84 Å². The molecule has 2 heterocycles. The van der Waals surface area contributed by atoms with Gasteiger partial charge in [0.1, 0.15) is 0 Å². The molecule has 0 aliphatic carbocycles. The van der Waals surface area contributed by atoms with Gasteiger partial charge >= 0.3 is 0 Å². The minimum atomic E-state index is -3.36. The van der Waals surface area contributed by atoms with Crippen LogP contribution >= 0.6 is 0 Å². The number of nitrogens with zero attached hydrogens (tertiary/aromatic N) is 3. The lowest BCUT2D eigenvalue weighted by atomic mass is 10.1. The number of carbonyl (C=O) groups excluding carboxylic acids is 1. The fourth-order valence-corrected chi connectivity index (χ4v) is 5.93. The normalized spacial score (nSPS) is 21.1. The van der Waals surface area contributed by atoms with Crippen LogP contribution in [-0.4, -0.2) is 102 Å². The first kappa shape index (κ1) is 25.6. The number of sulfone groups is 1. The van der Waals surface area contributed by atoms with Gasteiger partial charge < -0.3 is 14.8 Å². The molecule has 2 fully saturated rings. The summed E-state index contributed by atoms with van der Waals surface area (Å²) in [5.74, 6) is 0.0969. The Morgan fingerprint density at radius 2 is 1.85 bits per heavy atom. The van der Waals surface area contributed by atoms with Crippen LogP contribution in [0, 0.1) is 11.3 Å². The Morgan fingerprint density at radius 3 is 2.48 bits per heavy atom. The number of rotatable bonds is 13. The molecule has 0 aromatic heterocycles. The van der Waals surface area contributed by atoms with Crippen molar-refractivity contribution < 1.29 is 22.7 Å². The number of likely N-dealkylation sites (tertiary alicyclic amines) is 1. The van der Waals surface area contributed by atoms with Gasteiger partial charge in [-0.1, -0.05) is 0 Å². The van der Waals surface area contributed by atoms with E-state index in [0.717, 1.165) is 32.5 Å². The van der Waals surface area contributed by atoms with Crippen molar-refractivity contribution in [3.05, 3.63) is 29.8 Å². The van der Waals surface area contributed by atoms with Crippen LogP contribution in [0.15, 0.2) is 29.2 Å². The van der Waals surface area contributed by atoms with E-state index in [-0.39, 0.29) is 16.6 Å². The smallest absolute Gasteiger partial charge is 0.234 e. The summed E-state index contributed by atoms with van der Waals surface area (Å²) in [4.78, 5) is 17.1. The fourth-order valence-electron chi connectivity index (χ4n) is 4.63. The molecule has 0 radical (unpaired) electrons. The summed E-state index contributed by atoms with van der Waals surface area (Å²) in [6.07, 6.45) is 2.73. The second-order valence-electron chi connectivity index (χ2n) is 8.58. The van der Waals surface area contributed by atoms with E-state index in [1.54, 1.807) is 7.11 Å². The Bertz CT molecular complexity index is 902. The highest BCUT2D eigenvalue weighted by Crippen LogP contribution is 2.30. The average Bonchev–Trinajstić information content (AvgIpc) is 3.04. The Hall–Kier alpha value is -2.03. The number of hydrogen-bond donors (Lipinski definition) is 1. The minimum absolute atomic E-state index is 0.00621. The Kier molecular flexibility index (Phi) is 9.64. The molecule has 2 unspecified atom stereocenters. The van der Waals surface area contributed by atoms with Gasteiger partial charge in [-0.05, 0) is 50.1 Å². The number of hydrogen-bond acceptors (Lipinski definition) is 8. The van der Waals surface area contributed by atoms with Crippen molar-refractivity contribution in [2.75, 3.05) is 65.4 Å². The SMILES string of the molecule is COCCOCCNC(=O)CN1CC2CCC(C1)N2CCCS(=O)(=O)c1ccc(C#N)cc1. The third kappa shape index (κ3) is 7.48. The number of nitrogens with one attached hydrogen (secondary N) is 1. The highest BCUT2D eigenvalue weighted by atomic mass is 32.2. The highest BCUT2D eigenvalue weighted by molar-refractivity contribution is 7.91. The maximum atomic E-state index is 12.6. The number of benzene rings is 1. The molecular weight excluding hydrogens is 444 g/mol. The second kappa shape index (κ2) is 12.4. The van der Waals surface area contributed by atoms with Crippen LogP contribution in [0.3, 0.4) is 0 Å². The Balaban J connectivity index is 1.38. The van der Waals surface area contributed by atoms with Crippen LogP contribution < -0.4 is 5.32 Å². The summed E-state index contributed by atoms with van der Waals surface area (Å²) in [6.45, 7) is 4.81. The first-order valence-electron chi connectivity index (χ1n) is 11.5. The molecule has 1 amide bonds. The van der Waals surface area contributed by atoms with Crippen LogP contribution in [0.1, 0.15) is 24.8 Å². The summed E-state index contributed by atoms with van der Waals surface area (Å²) in [5, 5.41) is 11.8. The van der Waals surface area contributed by atoms with Crippen molar-refractivity contribution in [1.29, 1.82) is 5.26 Å². The molecule has 2 atom stereocenters. The summed E-state index contributed by atoms with van der Waals surface area (Å²) in [7, 11) is -1.74. The predicted octanol–water partition coefficient (Wildman–Crippen LogP) is 0.650. The number of amides is 1. The summed E-state index contributed by atoms with van der Waals surface area (Å²) in [5.41, 5.74) is 0.451. The van der Waals surface area contributed by atoms with Crippen molar-refractivity contribution in [1.82, 2.24) is 15.1 Å². The quantitative estimate of drug-likeness (QED) is 0.411. The largest absolute Gasteiger partial charge is 0.382 e. The summed E-state index contributed by atoms with van der Waals surface area (Å²) < 4.78 is 35.5. The zero-order valence-electron chi connectivity index (χ0n) is 19.2. The number of methoxy groups -OCH3 is 1. The zero-order chi connectivity index (χ0) is 23.7. The molecule has 1 aromatic carbocycles. The Labute approximate surface area is 196 Å². The summed E-state index contributed by atoms with van der Waals surface area (Å²) in [6, 6.07) is 8.83. The van der Waals surface area contributed by atoms with E-state index in [1.165, 1.54) is 24.3 Å². The van der Waals surface area contributed by atoms with E-state index in [4.69, 9.17) is 14.7 Å². The molecular formula is C23H34N4O5S. The molecule has 1 N–H and O–H groups in total. The van der Waals surface area contributed by atoms with Gasteiger partial charge in [0.25, 0.3) is 0 Å². The van der Waals surface area contributed by atoms with Crippen molar-refractivity contribution in [2.24, 2.45) is 0 Å². The molecule has 3 rings (SSSR count). The monoisotopic (exact) mass is 478 g/mol. The number of piperazine rings is 1. The van der Waals surface area contributed by atoms with Gasteiger partial charge in [-0.15, -0.1) is 0 Å². The third-order valence-electron chi connectivity index (χ3n) is 6.25. The van der Waals surface area contributed by atoms with Crippen LogP contribution in [0.2, 0.25) is 0 Å². The van der Waals surface area contributed by atoms with Gasteiger partial charge in [-0.3, -0.25) is 14.6 Å². The van der Waals surface area contributed by atoms with Gasteiger partial charge in [0.2, 0.25) is 5.91 Å². The lowest BCUT2D eigenvalue weighted by Gasteiger charge is -2.40. The molecule has 2 aliphatic heterocycles. The fraction of sp³-hybridized carbons (Fsp3) is 0.652. The molecule has 9 nitrogen and oxygen atoms in total. The predicted molar refractivity (Wildman–Crippen MR) is 123 cm³/mol. The van der Waals surface area contributed by atoms with Gasteiger partial charge in [-0.25, -0.2) is 8.42 Å². The lowest BCUT2D eigenvalue weighted by Crippen LogP contribution is -2.55. The van der Waals surface area contributed by atoms with Crippen molar-refractivity contribution in [3.63, 3.8) is 0 Å². The third-order valence-corrected chi connectivity index (χ3v) is 8.07. The van der Waals surface area contributed by atoms with Crippen LogP contribution in [-0.2, 0) is 24.1 Å². The molecule has 0 saturated carbocycles. The Morgan fingerprint density at radius 1 is 1.15 bits per heavy atom. The van der Waals surface area contributed by atoms with Gasteiger partial charge in [0, 0.05) is 38.8 Å². The minimum Gasteiger partial charge on any atom is -0.382 e. The van der Waals surface area contributed by atoms with Crippen LogP contribution in [0.5, 0.6) is 0 Å². The van der Waals surface area contributed by atoms with E-state index in [9.17, 15) is 13.2 Å². The van der Waals surface area contributed by atoms with Crippen molar-refractivity contribution in [2.45, 2.75) is 36.2 Å². The van der Waals surface area contributed by atoms with E-state index < -0.39 is 9.84 Å². The van der Waals surface area contributed by atoms with Gasteiger partial charge in [-0.2, -0.15) is 5.26 Å². The molecule has 182 valence electrons. The molecule has 0 spiro atoms. The lowest BCUT2D eigenvalue weighted by molar-refractivity contribution is -0.123. The molecule has 10 heteroatoms. The van der Waals surface area contributed by atoms with Crippen LogP contribution in [0.4, 0.5) is 0 Å². The van der Waals surface area contributed by atoms with Crippen LogP contribution in [0.25, 0.3) is 0 Å². The molecule has 2 aliphatic rings. The number of carbonyl (C=O) groups is 1. The van der Waals surface area contributed by atoms with Gasteiger partial charge in [0.05, 0.1) is 48.6 Å². The van der Waals surface area contributed by atoms with Crippen molar-refractivity contribution in [3.8, 4) is 6.07 Å². The maximum absolute atomic E-state index is 12.6. The summed E-state index contributed by atoms with van der Waals surface area (Å²) >= 11 is 0. The second-order valence-corrected chi connectivity index (χ2v) is 10.7. The highest BCUT2D eigenvalue weighted by Gasteiger charge is 2.39. The van der Waals surface area contributed by atoms with E-state index in [2.05, 4.69) is 15.1 Å². The number of fused-ring (bicyclic) bond motifs is 2. The molecule has 33 heavy (non-hydrogen) atoms. The number of nitriles is 1. The average molecular weight is 479 g/mol. The standard InChI is InChI=1S/C23H34N4O5S/c1-31-12-13-32-11-9-25-23(28)18-26-16-20-5-6-21(17-26)27(20)10-2-14-33(29,30)22-7-3-19(15-24)4-8-22/h3-4,7-8,20-21H,2,5-6,9-14,16-18H2,1H3,(H,25,28). The van der Waals surface area contributed by atoms with E-state index in [0.29, 0.717) is 57.0 Å². The molecule has 2 bridgehead atoms. The van der Waals surface area contributed by atoms with E-state index >= 15 is 0 Å². The zero-order valence-corrected chi connectivity index (χ0v) is 20.1. The number of ether oxygens (including phenoxy) is 2.